The van der Waals surface area contributed by atoms with E-state index < -0.39 is 16.8 Å². The van der Waals surface area contributed by atoms with Gasteiger partial charge >= 0.3 is 5.69 Å². The molecule has 0 aliphatic rings. The number of nitrogens with zero attached hydrogens (tertiary/aromatic N) is 5. The van der Waals surface area contributed by atoms with Crippen LogP contribution in [-0.2, 0) is 20.0 Å². The van der Waals surface area contributed by atoms with E-state index in [1.807, 2.05) is 37.3 Å². The molecule has 34 heavy (non-hydrogen) atoms. The molecule has 0 saturated carbocycles. The first-order valence-electron chi connectivity index (χ1n) is 11.0. The molecule has 0 bridgehead atoms. The Balaban J connectivity index is 1.95. The van der Waals surface area contributed by atoms with Gasteiger partial charge in [0.05, 0.1) is 17.8 Å². The van der Waals surface area contributed by atoms with Gasteiger partial charge in [-0.25, -0.2) is 13.8 Å². The quantitative estimate of drug-likeness (QED) is 0.436. The molecule has 0 unspecified atom stereocenters. The summed E-state index contributed by atoms with van der Waals surface area (Å²) in [5, 5.41) is 11.1. The third-order valence-corrected chi connectivity index (χ3v) is 5.97. The molecule has 0 radical (unpaired) electrons. The van der Waals surface area contributed by atoms with Gasteiger partial charge in [-0.3, -0.25) is 18.7 Å². The minimum Gasteiger partial charge on any atom is -0.494 e. The molecular weight excluding hydrogens is 434 g/mol. The van der Waals surface area contributed by atoms with Crippen LogP contribution in [0.15, 0.2) is 75.0 Å². The molecule has 0 atom stereocenters. The molecule has 2 aromatic carbocycles. The summed E-state index contributed by atoms with van der Waals surface area (Å²) in [5.74, 6) is -0.0917. The van der Waals surface area contributed by atoms with Crippen LogP contribution in [0.4, 0.5) is 0 Å². The summed E-state index contributed by atoms with van der Waals surface area (Å²) in [7, 11) is 1.51. The normalized spacial score (nSPS) is 11.5. The van der Waals surface area contributed by atoms with Gasteiger partial charge in [0.1, 0.15) is 0 Å². The number of aryl methyl sites for hydroxylation is 1. The Morgan fingerprint density at radius 1 is 0.912 bits per heavy atom. The maximum atomic E-state index is 13.6. The lowest BCUT2D eigenvalue weighted by Crippen LogP contribution is -2.39. The van der Waals surface area contributed by atoms with Crippen molar-refractivity contribution >= 4 is 16.9 Å². The highest BCUT2D eigenvalue weighted by molar-refractivity contribution is 5.76. The van der Waals surface area contributed by atoms with Crippen molar-refractivity contribution in [1.82, 2.24) is 23.1 Å². The van der Waals surface area contributed by atoms with Crippen molar-refractivity contribution in [2.24, 2.45) is 7.05 Å². The SMILES string of the molecule is CCCc1c(O)n(Cc2ccccc2)c2nc3c(c(=O)n(-c4ccccc4)c(=O)n3C)n2c1=O. The van der Waals surface area contributed by atoms with E-state index in [0.717, 1.165) is 10.1 Å². The molecule has 9 heteroatoms. The van der Waals surface area contributed by atoms with Crippen molar-refractivity contribution in [2.75, 3.05) is 0 Å². The number of hydrogen-bond donors (Lipinski definition) is 1. The van der Waals surface area contributed by atoms with E-state index >= 15 is 0 Å². The second-order valence-electron chi connectivity index (χ2n) is 8.17. The molecule has 0 fully saturated rings. The number of para-hydroxylation sites is 1. The van der Waals surface area contributed by atoms with Crippen LogP contribution in [0.5, 0.6) is 5.88 Å². The van der Waals surface area contributed by atoms with Gasteiger partial charge in [0.25, 0.3) is 11.1 Å². The fraction of sp³-hybridized carbons (Fsp3) is 0.200. The zero-order chi connectivity index (χ0) is 24.0. The average Bonchev–Trinajstić information content (AvgIpc) is 3.26. The Morgan fingerprint density at radius 3 is 2.21 bits per heavy atom. The van der Waals surface area contributed by atoms with Crippen molar-refractivity contribution < 1.29 is 5.11 Å². The van der Waals surface area contributed by atoms with E-state index in [-0.39, 0.29) is 34.9 Å². The maximum Gasteiger partial charge on any atom is 0.337 e. The second-order valence-corrected chi connectivity index (χ2v) is 8.17. The predicted molar refractivity (Wildman–Crippen MR) is 129 cm³/mol. The number of hydrogen-bond acceptors (Lipinski definition) is 5. The number of benzene rings is 2. The minimum absolute atomic E-state index is 0.00915. The van der Waals surface area contributed by atoms with Gasteiger partial charge in [0.2, 0.25) is 11.7 Å². The first-order valence-corrected chi connectivity index (χ1v) is 11.0. The second kappa shape index (κ2) is 8.18. The van der Waals surface area contributed by atoms with Crippen molar-refractivity contribution in [1.29, 1.82) is 0 Å². The number of aromatic hydroxyl groups is 1. The average molecular weight is 457 g/mol. The van der Waals surface area contributed by atoms with Gasteiger partial charge < -0.3 is 5.11 Å². The van der Waals surface area contributed by atoms with E-state index in [9.17, 15) is 19.5 Å². The highest BCUT2D eigenvalue weighted by atomic mass is 16.3. The van der Waals surface area contributed by atoms with E-state index in [0.29, 0.717) is 18.5 Å². The highest BCUT2D eigenvalue weighted by Gasteiger charge is 2.24. The lowest BCUT2D eigenvalue weighted by Gasteiger charge is -2.14. The Hall–Kier alpha value is -4.40. The van der Waals surface area contributed by atoms with E-state index in [4.69, 9.17) is 0 Å². The topological polar surface area (TPSA) is 104 Å². The Morgan fingerprint density at radius 2 is 1.56 bits per heavy atom. The summed E-state index contributed by atoms with van der Waals surface area (Å²) in [6.45, 7) is 2.14. The molecule has 0 saturated heterocycles. The first-order chi connectivity index (χ1) is 16.4. The number of imidazole rings is 1. The Labute approximate surface area is 193 Å². The molecule has 0 amide bonds. The van der Waals surface area contributed by atoms with Gasteiger partial charge in [0, 0.05) is 7.05 Å². The zero-order valence-electron chi connectivity index (χ0n) is 18.8. The molecule has 3 heterocycles. The van der Waals surface area contributed by atoms with Crippen molar-refractivity contribution in [3.05, 3.63) is 103 Å². The number of rotatable bonds is 5. The predicted octanol–water partition coefficient (Wildman–Crippen LogP) is 2.21. The summed E-state index contributed by atoms with van der Waals surface area (Å²) < 4.78 is 5.02. The maximum absolute atomic E-state index is 13.6. The van der Waals surface area contributed by atoms with Crippen LogP contribution in [-0.4, -0.2) is 28.2 Å². The molecule has 5 rings (SSSR count). The van der Waals surface area contributed by atoms with Crippen LogP contribution >= 0.6 is 0 Å². The van der Waals surface area contributed by atoms with Gasteiger partial charge in [0.15, 0.2) is 11.2 Å². The van der Waals surface area contributed by atoms with E-state index in [1.165, 1.54) is 20.6 Å². The monoisotopic (exact) mass is 457 g/mol. The molecule has 0 spiro atoms. The van der Waals surface area contributed by atoms with Crippen molar-refractivity contribution in [3.8, 4) is 11.6 Å². The first kappa shape index (κ1) is 21.4. The molecule has 1 N–H and O–H groups in total. The molecular formula is C25H23N5O4. The Bertz CT molecular complexity index is 1710. The lowest BCUT2D eigenvalue weighted by atomic mass is 10.1. The minimum atomic E-state index is -0.645. The van der Waals surface area contributed by atoms with Crippen LogP contribution in [0.25, 0.3) is 22.6 Å². The number of fused-ring (bicyclic) bond motifs is 3. The smallest absolute Gasteiger partial charge is 0.337 e. The lowest BCUT2D eigenvalue weighted by molar-refractivity contribution is 0.411. The summed E-state index contributed by atoms with van der Waals surface area (Å²) in [6.07, 6.45) is 0.951. The molecule has 3 aromatic heterocycles. The van der Waals surface area contributed by atoms with Gasteiger partial charge in [-0.1, -0.05) is 61.9 Å². The van der Waals surface area contributed by atoms with Gasteiger partial charge in [-0.2, -0.15) is 4.98 Å². The largest absolute Gasteiger partial charge is 0.494 e. The standard InChI is InChI=1S/C25H23N5O4/c1-3-10-18-21(31)28(15-16-11-6-4-7-12-16)24-26-20-19(30(24)22(18)32)23(33)29(25(34)27(20)2)17-13-8-5-9-14-17/h4-9,11-14,31H,3,10,15H2,1-2H3. The van der Waals surface area contributed by atoms with Gasteiger partial charge in [-0.15, -0.1) is 0 Å². The highest BCUT2D eigenvalue weighted by Crippen LogP contribution is 2.22. The molecule has 5 aromatic rings. The summed E-state index contributed by atoms with van der Waals surface area (Å²) in [6, 6.07) is 18.0. The molecule has 0 aliphatic heterocycles. The van der Waals surface area contributed by atoms with Crippen molar-refractivity contribution in [3.63, 3.8) is 0 Å². The molecule has 9 nitrogen and oxygen atoms in total. The van der Waals surface area contributed by atoms with Crippen LogP contribution in [0.1, 0.15) is 24.5 Å². The summed E-state index contributed by atoms with van der Waals surface area (Å²) in [4.78, 5) is 44.8. The molecule has 0 aliphatic carbocycles. The fourth-order valence-electron chi connectivity index (χ4n) is 4.30. The zero-order valence-corrected chi connectivity index (χ0v) is 18.8. The summed E-state index contributed by atoms with van der Waals surface area (Å²) >= 11 is 0. The van der Waals surface area contributed by atoms with Crippen molar-refractivity contribution in [2.45, 2.75) is 26.3 Å². The summed E-state index contributed by atoms with van der Waals surface area (Å²) in [5.41, 5.74) is -0.198. The van der Waals surface area contributed by atoms with Crippen LogP contribution in [0.2, 0.25) is 0 Å². The fourth-order valence-corrected chi connectivity index (χ4v) is 4.30. The van der Waals surface area contributed by atoms with E-state index in [2.05, 4.69) is 4.98 Å². The van der Waals surface area contributed by atoms with Crippen LogP contribution in [0.3, 0.4) is 0 Å². The number of aromatic nitrogens is 5. The third kappa shape index (κ3) is 3.16. The van der Waals surface area contributed by atoms with E-state index in [1.54, 1.807) is 30.3 Å². The third-order valence-electron chi connectivity index (χ3n) is 5.97. The van der Waals surface area contributed by atoms with Gasteiger partial charge in [-0.05, 0) is 24.1 Å². The van der Waals surface area contributed by atoms with Crippen LogP contribution in [0, 0.1) is 0 Å². The molecule has 172 valence electrons. The Kier molecular flexibility index (Phi) is 5.16. The van der Waals surface area contributed by atoms with Crippen LogP contribution < -0.4 is 16.8 Å².